The summed E-state index contributed by atoms with van der Waals surface area (Å²) in [6.45, 7) is -0.573. The number of nitrogen functional groups attached to an aromatic ring is 1. The summed E-state index contributed by atoms with van der Waals surface area (Å²) in [6.07, 6.45) is -3.45. The lowest BCUT2D eigenvalue weighted by molar-refractivity contribution is -0.147. The van der Waals surface area contributed by atoms with Crippen LogP contribution in [-0.2, 0) is 6.18 Å². The predicted molar refractivity (Wildman–Crippen MR) is 95.4 cm³/mol. The molecule has 4 fully saturated rings. The number of imidazole rings is 1. The number of rotatable bonds is 4. The molecule has 2 aliphatic carbocycles. The van der Waals surface area contributed by atoms with Crippen molar-refractivity contribution in [2.75, 3.05) is 18.8 Å². The molecule has 2 aromatic rings. The monoisotopic (exact) mass is 431 g/mol. The third kappa shape index (κ3) is 3.32. The molecule has 2 saturated heterocycles. The Balaban J connectivity index is 1.48. The minimum atomic E-state index is -4.64. The Kier molecular flexibility index (Phi) is 4.16. The number of pyridine rings is 1. The molecule has 0 amide bonds. The van der Waals surface area contributed by atoms with Gasteiger partial charge in [0.15, 0.2) is 0 Å². The molecule has 2 bridgehead atoms. The smallest absolute Gasteiger partial charge is 0.383 e. The van der Waals surface area contributed by atoms with Crippen LogP contribution in [0.5, 0.6) is 0 Å². The summed E-state index contributed by atoms with van der Waals surface area (Å²) in [5, 5.41) is 0. The highest BCUT2D eigenvalue weighted by molar-refractivity contribution is 5.62. The van der Waals surface area contributed by atoms with Crippen molar-refractivity contribution >= 4 is 5.82 Å². The van der Waals surface area contributed by atoms with E-state index in [1.54, 1.807) is 6.20 Å². The molecular weight excluding hydrogens is 412 g/mol. The van der Waals surface area contributed by atoms with Crippen molar-refractivity contribution in [1.29, 1.82) is 0 Å². The average Bonchev–Trinajstić information content (AvgIpc) is 3.10. The quantitative estimate of drug-likeness (QED) is 0.737. The molecule has 0 radical (unpaired) electrons. The first kappa shape index (κ1) is 19.7. The van der Waals surface area contributed by atoms with Gasteiger partial charge in [-0.2, -0.15) is 26.3 Å². The maximum atomic E-state index is 13.2. The lowest BCUT2D eigenvalue weighted by Gasteiger charge is -2.38. The fraction of sp³-hybridized carbons (Fsp3) is 0.579. The first-order chi connectivity index (χ1) is 14.0. The van der Waals surface area contributed by atoms with Gasteiger partial charge in [-0.25, -0.2) is 9.97 Å². The van der Waals surface area contributed by atoms with E-state index >= 15 is 0 Å². The molecule has 0 aromatic carbocycles. The van der Waals surface area contributed by atoms with Crippen LogP contribution in [0.1, 0.15) is 42.6 Å². The molecule has 4 aliphatic rings. The van der Waals surface area contributed by atoms with Crippen LogP contribution < -0.4 is 5.73 Å². The van der Waals surface area contributed by atoms with E-state index in [-0.39, 0.29) is 29.5 Å². The highest BCUT2D eigenvalue weighted by Gasteiger charge is 2.55. The van der Waals surface area contributed by atoms with Crippen LogP contribution in [0.2, 0.25) is 0 Å². The van der Waals surface area contributed by atoms with Crippen LogP contribution in [0.15, 0.2) is 18.5 Å². The van der Waals surface area contributed by atoms with Gasteiger partial charge in [0, 0.05) is 36.5 Å². The van der Waals surface area contributed by atoms with E-state index < -0.39 is 30.3 Å². The SMILES string of the molecule is Nc1ncc(-c2cn([C@H]3C4CC3N(CC(F)(F)F)C4)c(C3CC3)n2)cc1C(F)(F)F. The van der Waals surface area contributed by atoms with Gasteiger partial charge in [0.2, 0.25) is 0 Å². The molecule has 162 valence electrons. The van der Waals surface area contributed by atoms with Crippen molar-refractivity contribution in [2.24, 2.45) is 5.92 Å². The van der Waals surface area contributed by atoms with Gasteiger partial charge in [-0.1, -0.05) is 0 Å². The normalized spacial score (nSPS) is 26.8. The molecule has 2 aliphatic heterocycles. The maximum Gasteiger partial charge on any atom is 0.419 e. The summed E-state index contributed by atoms with van der Waals surface area (Å²) in [4.78, 5) is 9.70. The number of alkyl halides is 6. The van der Waals surface area contributed by atoms with E-state index in [0.717, 1.165) is 24.7 Å². The number of aromatic nitrogens is 3. The summed E-state index contributed by atoms with van der Waals surface area (Å²) >= 11 is 0. The number of fused-ring (bicyclic) bond motifs is 1. The van der Waals surface area contributed by atoms with E-state index in [1.165, 1.54) is 11.1 Å². The molecule has 2 unspecified atom stereocenters. The van der Waals surface area contributed by atoms with E-state index in [0.29, 0.717) is 18.7 Å². The van der Waals surface area contributed by atoms with Gasteiger partial charge >= 0.3 is 12.4 Å². The fourth-order valence-electron chi connectivity index (χ4n) is 4.79. The van der Waals surface area contributed by atoms with Crippen LogP contribution in [0.4, 0.5) is 32.2 Å². The van der Waals surface area contributed by atoms with Crippen molar-refractivity contribution in [3.05, 3.63) is 29.8 Å². The molecule has 5 nitrogen and oxygen atoms in total. The number of nitrogens with zero attached hydrogens (tertiary/aromatic N) is 4. The third-order valence-corrected chi connectivity index (χ3v) is 6.29. The van der Waals surface area contributed by atoms with Gasteiger partial charge in [-0.3, -0.25) is 4.90 Å². The van der Waals surface area contributed by atoms with Crippen LogP contribution in [-0.4, -0.2) is 44.7 Å². The number of halogens is 6. The summed E-state index contributed by atoms with van der Waals surface area (Å²) in [6, 6.07) is 0.566. The highest BCUT2D eigenvalue weighted by Crippen LogP contribution is 2.53. The Bertz CT molecular complexity index is 977. The first-order valence-corrected chi connectivity index (χ1v) is 9.74. The molecule has 2 aromatic heterocycles. The Morgan fingerprint density at radius 2 is 1.87 bits per heavy atom. The highest BCUT2D eigenvalue weighted by atomic mass is 19.4. The second-order valence-electron chi connectivity index (χ2n) is 8.42. The van der Waals surface area contributed by atoms with Gasteiger partial charge in [-0.05, 0) is 31.2 Å². The zero-order valence-electron chi connectivity index (χ0n) is 15.7. The van der Waals surface area contributed by atoms with Crippen molar-refractivity contribution in [3.63, 3.8) is 0 Å². The summed E-state index contributed by atoms with van der Waals surface area (Å²) in [7, 11) is 0. The molecule has 3 atom stereocenters. The second kappa shape index (κ2) is 6.35. The Hall–Kier alpha value is -2.30. The van der Waals surface area contributed by atoms with Crippen molar-refractivity contribution in [1.82, 2.24) is 19.4 Å². The second-order valence-corrected chi connectivity index (χ2v) is 8.42. The van der Waals surface area contributed by atoms with E-state index in [1.807, 2.05) is 4.57 Å². The van der Waals surface area contributed by atoms with E-state index in [4.69, 9.17) is 5.73 Å². The maximum absolute atomic E-state index is 13.2. The Labute approximate surface area is 167 Å². The van der Waals surface area contributed by atoms with Crippen LogP contribution in [0, 0.1) is 5.92 Å². The molecule has 6 rings (SSSR count). The molecule has 2 N–H and O–H groups in total. The minimum absolute atomic E-state index is 0.0900. The number of nitrogens with two attached hydrogens (primary N) is 1. The zero-order valence-corrected chi connectivity index (χ0v) is 15.7. The number of hydrogen-bond donors (Lipinski definition) is 1. The first-order valence-electron chi connectivity index (χ1n) is 9.74. The van der Waals surface area contributed by atoms with Crippen LogP contribution in [0.3, 0.4) is 0 Å². The van der Waals surface area contributed by atoms with Crippen molar-refractivity contribution < 1.29 is 26.3 Å². The zero-order chi connectivity index (χ0) is 21.4. The number of anilines is 1. The third-order valence-electron chi connectivity index (χ3n) is 6.29. The Morgan fingerprint density at radius 1 is 1.13 bits per heavy atom. The van der Waals surface area contributed by atoms with Gasteiger partial charge in [0.25, 0.3) is 0 Å². The molecule has 30 heavy (non-hydrogen) atoms. The van der Waals surface area contributed by atoms with Gasteiger partial charge in [0.1, 0.15) is 11.6 Å². The summed E-state index contributed by atoms with van der Waals surface area (Å²) in [5.74, 6) is 0.419. The Morgan fingerprint density at radius 3 is 2.50 bits per heavy atom. The van der Waals surface area contributed by atoms with Crippen molar-refractivity contribution in [2.45, 2.75) is 49.6 Å². The van der Waals surface area contributed by atoms with Gasteiger partial charge in [0.05, 0.1) is 23.8 Å². The van der Waals surface area contributed by atoms with Crippen LogP contribution >= 0.6 is 0 Å². The standard InChI is InChI=1S/C19H19F6N5/c20-18(21,22)8-29-6-11-4-14(29)15(11)30-7-13(28-17(30)9-1-2-9)10-3-12(19(23,24)25)16(26)27-5-10/h3,5,7,9,11,14-15H,1-2,4,6,8H2,(H2,26,27)/t11?,14?,15-/m0/s1. The lowest BCUT2D eigenvalue weighted by atomic mass is 9.79. The lowest BCUT2D eigenvalue weighted by Crippen LogP contribution is -2.43. The van der Waals surface area contributed by atoms with Crippen LogP contribution in [0.25, 0.3) is 11.3 Å². The van der Waals surface area contributed by atoms with Gasteiger partial charge in [-0.15, -0.1) is 0 Å². The molecule has 4 heterocycles. The fourth-order valence-corrected chi connectivity index (χ4v) is 4.79. The van der Waals surface area contributed by atoms with E-state index in [2.05, 4.69) is 9.97 Å². The topological polar surface area (TPSA) is 60.0 Å². The molecule has 11 heteroatoms. The molecule has 2 saturated carbocycles. The molecule has 0 spiro atoms. The summed E-state index contributed by atoms with van der Waals surface area (Å²) in [5.41, 5.74) is 4.88. The van der Waals surface area contributed by atoms with Gasteiger partial charge < -0.3 is 10.3 Å². The average molecular weight is 431 g/mol. The predicted octanol–water partition coefficient (Wildman–Crippen LogP) is 4.23. The van der Waals surface area contributed by atoms with E-state index in [9.17, 15) is 26.3 Å². The molecular formula is C19H19F6N5. The number of hydrogen-bond acceptors (Lipinski definition) is 4. The summed E-state index contributed by atoms with van der Waals surface area (Å²) < 4.78 is 80.1. The van der Waals surface area contributed by atoms with Crippen molar-refractivity contribution in [3.8, 4) is 11.3 Å². The largest absolute Gasteiger partial charge is 0.419 e. The minimum Gasteiger partial charge on any atom is -0.383 e.